The molecule has 1 rings (SSSR count). The Kier molecular flexibility index (Phi) is 4.73. The summed E-state index contributed by atoms with van der Waals surface area (Å²) in [5.74, 6) is -0.409. The van der Waals surface area contributed by atoms with E-state index in [1.165, 1.54) is 0 Å². The topological polar surface area (TPSA) is 52.6 Å². The summed E-state index contributed by atoms with van der Waals surface area (Å²) in [6.07, 6.45) is 1.90. The van der Waals surface area contributed by atoms with Crippen molar-refractivity contribution in [2.45, 2.75) is 52.7 Å². The van der Waals surface area contributed by atoms with Crippen LogP contribution in [0.1, 0.15) is 40.5 Å². The lowest BCUT2D eigenvalue weighted by atomic mass is 10.1. The van der Waals surface area contributed by atoms with E-state index in [1.807, 2.05) is 20.8 Å². The summed E-state index contributed by atoms with van der Waals surface area (Å²) in [7, 11) is 0. The second-order valence-corrected chi connectivity index (χ2v) is 4.69. The fraction of sp³-hybridized carbons (Fsp3) is 0.692. The highest BCUT2D eigenvalue weighted by atomic mass is 16.6. The molecule has 0 spiro atoms. The van der Waals surface area contributed by atoms with Crippen molar-refractivity contribution in [1.29, 1.82) is 0 Å². The van der Waals surface area contributed by atoms with Gasteiger partial charge in [0.25, 0.3) is 0 Å². The molecule has 0 aromatic carbocycles. The highest BCUT2D eigenvalue weighted by Gasteiger charge is 2.39. The molecule has 17 heavy (non-hydrogen) atoms. The fourth-order valence-electron chi connectivity index (χ4n) is 1.77. The monoisotopic (exact) mass is 240 g/mol. The molecule has 0 N–H and O–H groups in total. The lowest BCUT2D eigenvalue weighted by Gasteiger charge is -2.15. The van der Waals surface area contributed by atoms with Crippen LogP contribution < -0.4 is 0 Å². The standard InChI is InChI=1S/C13H20O4/c1-5-6-10-12(9(4)16-13(10)15)17-11(14)7-8(2)3/h6,8-9,12H,5,7H2,1-4H3/b10-6+. The first-order chi connectivity index (χ1) is 7.95. The normalized spacial score (nSPS) is 26.4. The third-order valence-corrected chi connectivity index (χ3v) is 2.52. The minimum atomic E-state index is -0.548. The fourth-order valence-corrected chi connectivity index (χ4v) is 1.77. The predicted octanol–water partition coefficient (Wildman–Crippen LogP) is 2.23. The van der Waals surface area contributed by atoms with Crippen LogP contribution in [0.4, 0.5) is 0 Å². The van der Waals surface area contributed by atoms with Gasteiger partial charge in [-0.3, -0.25) is 4.79 Å². The first-order valence-electron chi connectivity index (χ1n) is 6.06. The summed E-state index contributed by atoms with van der Waals surface area (Å²) in [6, 6.07) is 0. The molecule has 0 bridgehead atoms. The van der Waals surface area contributed by atoms with Crippen molar-refractivity contribution in [1.82, 2.24) is 0 Å². The van der Waals surface area contributed by atoms with Crippen LogP contribution in [0.15, 0.2) is 11.6 Å². The number of rotatable bonds is 4. The number of allylic oxidation sites excluding steroid dienone is 1. The lowest BCUT2D eigenvalue weighted by Crippen LogP contribution is -2.26. The highest BCUT2D eigenvalue weighted by Crippen LogP contribution is 2.25. The number of esters is 2. The summed E-state index contributed by atoms with van der Waals surface area (Å²) in [4.78, 5) is 23.1. The van der Waals surface area contributed by atoms with Gasteiger partial charge in [0, 0.05) is 6.42 Å². The van der Waals surface area contributed by atoms with Crippen molar-refractivity contribution < 1.29 is 19.1 Å². The number of cyclic esters (lactones) is 1. The van der Waals surface area contributed by atoms with E-state index in [0.717, 1.165) is 6.42 Å². The van der Waals surface area contributed by atoms with Gasteiger partial charge in [-0.2, -0.15) is 0 Å². The molecular weight excluding hydrogens is 220 g/mol. The van der Waals surface area contributed by atoms with Gasteiger partial charge in [0.2, 0.25) is 0 Å². The zero-order valence-corrected chi connectivity index (χ0v) is 10.9. The van der Waals surface area contributed by atoms with Gasteiger partial charge in [-0.05, 0) is 19.3 Å². The van der Waals surface area contributed by atoms with E-state index in [2.05, 4.69) is 0 Å². The van der Waals surface area contributed by atoms with Gasteiger partial charge in [-0.15, -0.1) is 0 Å². The molecule has 0 amide bonds. The largest absolute Gasteiger partial charge is 0.455 e. The molecule has 2 atom stereocenters. The summed E-state index contributed by atoms with van der Waals surface area (Å²) < 4.78 is 10.4. The maximum atomic E-state index is 11.6. The second-order valence-electron chi connectivity index (χ2n) is 4.69. The van der Waals surface area contributed by atoms with E-state index in [0.29, 0.717) is 12.0 Å². The molecule has 1 aliphatic rings. The third kappa shape index (κ3) is 3.58. The smallest absolute Gasteiger partial charge is 0.338 e. The van der Waals surface area contributed by atoms with Gasteiger partial charge in [-0.1, -0.05) is 26.8 Å². The van der Waals surface area contributed by atoms with Crippen LogP contribution in [0.2, 0.25) is 0 Å². The average molecular weight is 240 g/mol. The van der Waals surface area contributed by atoms with Crippen LogP contribution in [-0.2, 0) is 19.1 Å². The molecule has 0 saturated carbocycles. The number of ether oxygens (including phenoxy) is 2. The first kappa shape index (κ1) is 13.7. The predicted molar refractivity (Wildman–Crippen MR) is 63.3 cm³/mol. The summed E-state index contributed by atoms with van der Waals surface area (Å²) in [6.45, 7) is 7.56. The highest BCUT2D eigenvalue weighted by molar-refractivity contribution is 5.92. The van der Waals surface area contributed by atoms with Crippen molar-refractivity contribution in [3.8, 4) is 0 Å². The molecule has 4 heteroatoms. The minimum absolute atomic E-state index is 0.245. The Bertz CT molecular complexity index is 330. The van der Waals surface area contributed by atoms with Crippen LogP contribution in [0.25, 0.3) is 0 Å². The molecule has 0 aromatic rings. The zero-order valence-electron chi connectivity index (χ0n) is 10.9. The van der Waals surface area contributed by atoms with Crippen molar-refractivity contribution in [2.24, 2.45) is 5.92 Å². The third-order valence-electron chi connectivity index (χ3n) is 2.52. The van der Waals surface area contributed by atoms with Gasteiger partial charge in [0.1, 0.15) is 6.10 Å². The molecule has 0 aliphatic carbocycles. The first-order valence-corrected chi connectivity index (χ1v) is 6.06. The van der Waals surface area contributed by atoms with Crippen LogP contribution in [0.3, 0.4) is 0 Å². The van der Waals surface area contributed by atoms with Gasteiger partial charge < -0.3 is 9.47 Å². The lowest BCUT2D eigenvalue weighted by molar-refractivity contribution is -0.152. The molecule has 1 fully saturated rings. The zero-order chi connectivity index (χ0) is 13.0. The Morgan fingerprint density at radius 2 is 2.18 bits per heavy atom. The Morgan fingerprint density at radius 3 is 2.71 bits per heavy atom. The summed E-state index contributed by atoms with van der Waals surface area (Å²) >= 11 is 0. The molecule has 1 heterocycles. The Hall–Kier alpha value is -1.32. The molecule has 1 saturated heterocycles. The quantitative estimate of drug-likeness (QED) is 0.558. The molecule has 4 nitrogen and oxygen atoms in total. The Morgan fingerprint density at radius 1 is 1.53 bits per heavy atom. The van der Waals surface area contributed by atoms with Crippen molar-refractivity contribution in [2.75, 3.05) is 0 Å². The Labute approximate surface area is 102 Å². The van der Waals surface area contributed by atoms with E-state index in [4.69, 9.17) is 9.47 Å². The molecular formula is C13H20O4. The summed E-state index contributed by atoms with van der Waals surface area (Å²) in [5, 5.41) is 0. The number of hydrogen-bond donors (Lipinski definition) is 0. The summed E-state index contributed by atoms with van der Waals surface area (Å²) in [5.41, 5.74) is 0.470. The minimum Gasteiger partial charge on any atom is -0.455 e. The van der Waals surface area contributed by atoms with Gasteiger partial charge in [0.05, 0.1) is 5.57 Å². The van der Waals surface area contributed by atoms with Gasteiger partial charge >= 0.3 is 11.9 Å². The molecule has 0 aromatic heterocycles. The molecule has 1 aliphatic heterocycles. The maximum Gasteiger partial charge on any atom is 0.338 e. The van der Waals surface area contributed by atoms with Crippen LogP contribution in [-0.4, -0.2) is 24.1 Å². The van der Waals surface area contributed by atoms with Crippen LogP contribution in [0, 0.1) is 5.92 Å². The maximum absolute atomic E-state index is 11.6. The number of hydrogen-bond acceptors (Lipinski definition) is 4. The average Bonchev–Trinajstić information content (AvgIpc) is 2.44. The Balaban J connectivity index is 2.70. The molecule has 2 unspecified atom stereocenters. The van der Waals surface area contributed by atoms with E-state index in [1.54, 1.807) is 13.0 Å². The molecule has 0 radical (unpaired) electrons. The number of carbonyl (C=O) groups excluding carboxylic acids is 2. The number of carbonyl (C=O) groups is 2. The van der Waals surface area contributed by atoms with Crippen LogP contribution >= 0.6 is 0 Å². The second kappa shape index (κ2) is 5.84. The van der Waals surface area contributed by atoms with E-state index in [-0.39, 0.29) is 17.9 Å². The van der Waals surface area contributed by atoms with E-state index >= 15 is 0 Å². The van der Waals surface area contributed by atoms with Crippen molar-refractivity contribution in [3.63, 3.8) is 0 Å². The van der Waals surface area contributed by atoms with E-state index in [9.17, 15) is 9.59 Å². The van der Waals surface area contributed by atoms with Crippen molar-refractivity contribution in [3.05, 3.63) is 11.6 Å². The van der Waals surface area contributed by atoms with Gasteiger partial charge in [-0.25, -0.2) is 4.79 Å². The SMILES string of the molecule is CC/C=C1/C(=O)OC(C)C1OC(=O)CC(C)C. The molecule has 96 valence electrons. The van der Waals surface area contributed by atoms with Gasteiger partial charge in [0.15, 0.2) is 6.10 Å². The van der Waals surface area contributed by atoms with E-state index < -0.39 is 12.2 Å². The van der Waals surface area contributed by atoms with Crippen LogP contribution in [0.5, 0.6) is 0 Å². The van der Waals surface area contributed by atoms with Crippen molar-refractivity contribution >= 4 is 11.9 Å².